The molecule has 0 spiro atoms. The SMILES string of the molecule is COc1nc(N)nc2c1ncn2[C@@H]1O[C@H](COc2ccc3ccccc3c2O[P+]([O-])=N[C@@H](C)C(=O)OCc2ccccc2)[C@@H](F)[C@@]1(C)O. The number of methoxy groups -OCH3 is 1. The number of rotatable bonds is 11. The number of fused-ring (bicyclic) bond motifs is 2. The average molecular weight is 679 g/mol. The molecule has 6 rings (SSSR count). The number of nitrogens with zero attached hydrogens (tertiary/aromatic N) is 5. The van der Waals surface area contributed by atoms with Crippen molar-refractivity contribution in [3.8, 4) is 17.4 Å². The van der Waals surface area contributed by atoms with Crippen LogP contribution in [0.25, 0.3) is 21.9 Å². The Balaban J connectivity index is 1.20. The van der Waals surface area contributed by atoms with Gasteiger partial charge in [-0.3, -0.25) is 9.09 Å². The zero-order chi connectivity index (χ0) is 34.0. The number of esters is 1. The summed E-state index contributed by atoms with van der Waals surface area (Å²) in [4.78, 5) is 38.0. The number of aromatic nitrogens is 4. The number of carbonyl (C=O) groups is 1. The molecule has 1 aliphatic rings. The quantitative estimate of drug-likeness (QED) is 0.151. The van der Waals surface area contributed by atoms with E-state index in [1.165, 1.54) is 31.9 Å². The van der Waals surface area contributed by atoms with E-state index in [0.29, 0.717) is 5.39 Å². The van der Waals surface area contributed by atoms with Crippen LogP contribution in [0.1, 0.15) is 25.6 Å². The first kappa shape index (κ1) is 33.0. The summed E-state index contributed by atoms with van der Waals surface area (Å²) < 4.78 is 49.4. The molecule has 0 amide bonds. The lowest BCUT2D eigenvalue weighted by atomic mass is 9.98. The van der Waals surface area contributed by atoms with E-state index in [9.17, 15) is 14.8 Å². The Morgan fingerprint density at radius 1 is 1.19 bits per heavy atom. The maximum Gasteiger partial charge on any atom is 0.395 e. The van der Waals surface area contributed by atoms with Crippen molar-refractivity contribution in [1.82, 2.24) is 19.5 Å². The fraction of sp³-hybridized carbons (Fsp3) is 0.312. The lowest BCUT2D eigenvalue weighted by Gasteiger charge is -2.26. The van der Waals surface area contributed by atoms with Crippen molar-refractivity contribution in [1.29, 1.82) is 0 Å². The van der Waals surface area contributed by atoms with Crippen molar-refractivity contribution in [2.45, 2.75) is 50.6 Å². The minimum Gasteiger partial charge on any atom is -0.575 e. The summed E-state index contributed by atoms with van der Waals surface area (Å²) >= 11 is 0. The van der Waals surface area contributed by atoms with Crippen LogP contribution in [0.4, 0.5) is 10.3 Å². The summed E-state index contributed by atoms with van der Waals surface area (Å²) in [6.07, 6.45) is -3.13. The largest absolute Gasteiger partial charge is 0.575 e. The first-order valence-electron chi connectivity index (χ1n) is 14.8. The van der Waals surface area contributed by atoms with E-state index in [4.69, 9.17) is 29.2 Å². The lowest BCUT2D eigenvalue weighted by Crippen LogP contribution is -2.42. The molecule has 250 valence electrons. The number of hydrogen-bond donors (Lipinski definition) is 2. The topological polar surface area (TPSA) is 188 Å². The van der Waals surface area contributed by atoms with Crippen molar-refractivity contribution < 1.29 is 42.7 Å². The first-order valence-corrected chi connectivity index (χ1v) is 16.0. The number of aliphatic hydroxyl groups is 1. The van der Waals surface area contributed by atoms with Crippen LogP contribution in [0.3, 0.4) is 0 Å². The molecule has 1 fully saturated rings. The number of imidazole rings is 1. The van der Waals surface area contributed by atoms with E-state index in [1.807, 2.05) is 42.5 Å². The molecule has 1 saturated heterocycles. The molecular weight excluding hydrogens is 646 g/mol. The monoisotopic (exact) mass is 678 g/mol. The van der Waals surface area contributed by atoms with Gasteiger partial charge in [-0.2, -0.15) is 9.97 Å². The maximum absolute atomic E-state index is 15.8. The molecule has 1 unspecified atom stereocenters. The highest BCUT2D eigenvalue weighted by atomic mass is 31.1. The predicted molar refractivity (Wildman–Crippen MR) is 171 cm³/mol. The Morgan fingerprint density at radius 2 is 1.94 bits per heavy atom. The van der Waals surface area contributed by atoms with Gasteiger partial charge in [0.05, 0.1) is 13.4 Å². The standard InChI is InChI=1S/C32H32FN6O8P/c1-18(29(40)45-15-19-9-5-4-6-10-19)38-48(42)47-25-21-12-8-7-11-20(21)13-14-22(25)44-16-23-26(33)32(2,41)30(46-23)39-17-35-24-27(39)36-31(34)37-28(24)43-3/h4-14,17-18,23,26,30,41H,15-16H2,1-3H3,(H2,34,36,37)/t18-,23+,26+,30+,32+/m0/s1. The number of hydrogen-bond acceptors (Lipinski definition) is 13. The number of alkyl halides is 1. The molecule has 5 aromatic rings. The second-order valence-corrected chi connectivity index (χ2v) is 12.1. The van der Waals surface area contributed by atoms with E-state index in [1.54, 1.807) is 24.3 Å². The zero-order valence-corrected chi connectivity index (χ0v) is 27.0. The van der Waals surface area contributed by atoms with E-state index < -0.39 is 44.3 Å². The van der Waals surface area contributed by atoms with E-state index in [0.717, 1.165) is 10.9 Å². The second kappa shape index (κ2) is 13.6. The minimum absolute atomic E-state index is 0.0398. The second-order valence-electron chi connectivity index (χ2n) is 11.2. The highest BCUT2D eigenvalue weighted by molar-refractivity contribution is 7.34. The van der Waals surface area contributed by atoms with Gasteiger partial charge in [-0.25, -0.2) is 14.2 Å². The molecule has 3 heterocycles. The summed E-state index contributed by atoms with van der Waals surface area (Å²) in [7, 11) is -1.39. The molecule has 1 aliphatic heterocycles. The van der Waals surface area contributed by atoms with Crippen molar-refractivity contribution in [3.63, 3.8) is 0 Å². The number of nitrogen functional groups attached to an aromatic ring is 1. The molecule has 0 aliphatic carbocycles. The molecule has 2 aromatic heterocycles. The van der Waals surface area contributed by atoms with Crippen molar-refractivity contribution in [3.05, 3.63) is 78.6 Å². The summed E-state index contributed by atoms with van der Waals surface area (Å²) in [5.41, 5.74) is 5.00. The minimum atomic E-state index is -2.78. The van der Waals surface area contributed by atoms with Crippen molar-refractivity contribution >= 4 is 42.0 Å². The third kappa shape index (κ3) is 6.58. The van der Waals surface area contributed by atoms with Gasteiger partial charge < -0.3 is 34.7 Å². The first-order chi connectivity index (χ1) is 23.1. The lowest BCUT2D eigenvalue weighted by molar-refractivity contribution is -0.169. The molecule has 16 heteroatoms. The van der Waals surface area contributed by atoms with Crippen LogP contribution >= 0.6 is 8.17 Å². The van der Waals surface area contributed by atoms with E-state index >= 15 is 4.39 Å². The van der Waals surface area contributed by atoms with Gasteiger partial charge in [0.15, 0.2) is 35.4 Å². The third-order valence-corrected chi connectivity index (χ3v) is 8.66. The summed E-state index contributed by atoms with van der Waals surface area (Å²) in [6.45, 7) is 2.41. The van der Waals surface area contributed by atoms with Gasteiger partial charge >= 0.3 is 14.1 Å². The van der Waals surface area contributed by atoms with Gasteiger partial charge in [0.2, 0.25) is 17.6 Å². The Bertz CT molecular complexity index is 1980. The Labute approximate surface area is 274 Å². The number of nitrogens with two attached hydrogens (primary N) is 1. The Hall–Kier alpha value is -4.95. The molecule has 3 N–H and O–H groups in total. The Kier molecular flexibility index (Phi) is 9.38. The van der Waals surface area contributed by atoms with Crippen LogP contribution in [-0.2, 0) is 20.9 Å². The smallest absolute Gasteiger partial charge is 0.395 e. The van der Waals surface area contributed by atoms with Crippen LogP contribution in [0.15, 0.2) is 77.8 Å². The van der Waals surface area contributed by atoms with Gasteiger partial charge in [0.25, 0.3) is 0 Å². The molecule has 48 heavy (non-hydrogen) atoms. The number of carbonyl (C=O) groups excluding carboxylic acids is 1. The molecule has 0 bridgehead atoms. The Morgan fingerprint density at radius 3 is 2.71 bits per heavy atom. The van der Waals surface area contributed by atoms with Crippen LogP contribution in [0, 0.1) is 0 Å². The molecule has 0 radical (unpaired) electrons. The van der Waals surface area contributed by atoms with Gasteiger partial charge in [-0.05, 0) is 30.9 Å². The van der Waals surface area contributed by atoms with E-state index in [-0.39, 0.29) is 47.7 Å². The van der Waals surface area contributed by atoms with Gasteiger partial charge in [0.1, 0.15) is 24.9 Å². The highest BCUT2D eigenvalue weighted by Gasteiger charge is 2.55. The summed E-state index contributed by atoms with van der Waals surface area (Å²) in [5.74, 6) is -0.489. The van der Waals surface area contributed by atoms with Crippen LogP contribution < -0.4 is 24.6 Å². The molecule has 0 saturated carbocycles. The number of anilines is 1. The van der Waals surface area contributed by atoms with Crippen molar-refractivity contribution in [2.75, 3.05) is 19.5 Å². The summed E-state index contributed by atoms with van der Waals surface area (Å²) in [6, 6.07) is 18.5. The third-order valence-electron chi connectivity index (χ3n) is 7.79. The predicted octanol–water partition coefficient (Wildman–Crippen LogP) is 4.00. The van der Waals surface area contributed by atoms with Crippen LogP contribution in [0.2, 0.25) is 0 Å². The van der Waals surface area contributed by atoms with Crippen LogP contribution in [-0.4, -0.2) is 68.2 Å². The summed E-state index contributed by atoms with van der Waals surface area (Å²) in [5, 5.41) is 12.5. The molecule has 3 aromatic carbocycles. The zero-order valence-electron chi connectivity index (χ0n) is 26.1. The number of ether oxygens (including phenoxy) is 4. The maximum atomic E-state index is 15.8. The number of halogens is 1. The molecule has 6 atom stereocenters. The van der Waals surface area contributed by atoms with Gasteiger partial charge in [-0.15, -0.1) is 0 Å². The molecular formula is C32H32FN6O8P. The average Bonchev–Trinajstić information content (AvgIpc) is 3.59. The highest BCUT2D eigenvalue weighted by Crippen LogP contribution is 2.44. The van der Waals surface area contributed by atoms with E-state index in [2.05, 4.69) is 19.7 Å². The fourth-order valence-corrected chi connectivity index (χ4v) is 6.09. The van der Waals surface area contributed by atoms with Crippen LogP contribution in [0.5, 0.6) is 17.4 Å². The molecule has 14 nitrogen and oxygen atoms in total. The van der Waals surface area contributed by atoms with Gasteiger partial charge in [0, 0.05) is 5.39 Å². The number of benzene rings is 3. The van der Waals surface area contributed by atoms with Crippen molar-refractivity contribution in [2.24, 2.45) is 4.74 Å². The normalized spacial score (nSPS) is 21.7. The van der Waals surface area contributed by atoms with Gasteiger partial charge in [-0.1, -0.05) is 65.4 Å². The fourth-order valence-electron chi connectivity index (χ4n) is 5.32.